The van der Waals surface area contributed by atoms with E-state index < -0.39 is 0 Å². The predicted molar refractivity (Wildman–Crippen MR) is 58.6 cm³/mol. The zero-order valence-corrected chi connectivity index (χ0v) is 8.77. The van der Waals surface area contributed by atoms with E-state index in [2.05, 4.69) is 9.97 Å². The normalized spacial score (nSPS) is 13.3. The summed E-state index contributed by atoms with van der Waals surface area (Å²) in [4.78, 5) is 20.0. The molecular weight excluding hydrogens is 190 g/mol. The summed E-state index contributed by atoms with van der Waals surface area (Å²) in [5.41, 5.74) is 2.86. The lowest BCUT2D eigenvalue weighted by atomic mass is 10.1. The zero-order valence-electron chi connectivity index (χ0n) is 8.77. The van der Waals surface area contributed by atoms with Gasteiger partial charge in [-0.3, -0.25) is 4.90 Å². The van der Waals surface area contributed by atoms with Gasteiger partial charge in [0.15, 0.2) is 0 Å². The molecule has 2 aromatic rings. The van der Waals surface area contributed by atoms with E-state index in [0.717, 1.165) is 22.9 Å². The van der Waals surface area contributed by atoms with Gasteiger partial charge in [0.2, 0.25) is 0 Å². The van der Waals surface area contributed by atoms with Crippen molar-refractivity contribution in [1.29, 1.82) is 0 Å². The summed E-state index contributed by atoms with van der Waals surface area (Å²) >= 11 is 0. The second-order valence-electron chi connectivity index (χ2n) is 3.72. The van der Waals surface area contributed by atoms with E-state index in [4.69, 9.17) is 0 Å². The van der Waals surface area contributed by atoms with Gasteiger partial charge in [-0.25, -0.2) is 4.98 Å². The molecule has 0 spiro atoms. The molecule has 15 heavy (non-hydrogen) atoms. The number of carbonyl (C=O) groups excluding carboxylic acids is 1. The number of aromatic amines is 1. The Labute approximate surface area is 87.9 Å². The first-order valence-electron chi connectivity index (χ1n) is 4.77. The molecule has 0 fully saturated rings. The highest BCUT2D eigenvalue weighted by Gasteiger charge is 2.13. The smallest absolute Gasteiger partial charge is 0.141 e. The molecule has 1 heterocycles. The van der Waals surface area contributed by atoms with Crippen LogP contribution in [0.3, 0.4) is 0 Å². The van der Waals surface area contributed by atoms with Crippen LogP contribution in [0.15, 0.2) is 24.5 Å². The Hall–Kier alpha value is -1.68. The van der Waals surface area contributed by atoms with Gasteiger partial charge in [-0.05, 0) is 31.8 Å². The average Bonchev–Trinajstić information content (AvgIpc) is 2.65. The maximum absolute atomic E-state index is 11.0. The van der Waals surface area contributed by atoms with Crippen molar-refractivity contribution in [2.45, 2.75) is 6.04 Å². The molecule has 0 amide bonds. The van der Waals surface area contributed by atoms with Crippen molar-refractivity contribution >= 4 is 17.3 Å². The summed E-state index contributed by atoms with van der Waals surface area (Å²) in [5.74, 6) is 0. The third-order valence-electron chi connectivity index (χ3n) is 2.47. The van der Waals surface area contributed by atoms with E-state index in [0.29, 0.717) is 0 Å². The summed E-state index contributed by atoms with van der Waals surface area (Å²) < 4.78 is 0. The van der Waals surface area contributed by atoms with Crippen molar-refractivity contribution in [3.8, 4) is 0 Å². The number of fused-ring (bicyclic) bond motifs is 1. The highest BCUT2D eigenvalue weighted by Crippen LogP contribution is 2.19. The number of aldehydes is 1. The number of rotatable bonds is 3. The standard InChI is InChI=1S/C11H13N3O/c1-14(2)11(6-15)8-3-4-9-10(5-8)13-7-12-9/h3-7,11H,1-2H3,(H,12,13). The molecule has 4 heteroatoms. The van der Waals surface area contributed by atoms with Crippen molar-refractivity contribution in [3.05, 3.63) is 30.1 Å². The van der Waals surface area contributed by atoms with Crippen LogP contribution in [-0.2, 0) is 4.79 Å². The van der Waals surface area contributed by atoms with Gasteiger partial charge in [0, 0.05) is 0 Å². The van der Waals surface area contributed by atoms with Gasteiger partial charge in [0.05, 0.1) is 23.4 Å². The maximum Gasteiger partial charge on any atom is 0.141 e. The molecule has 1 N–H and O–H groups in total. The third kappa shape index (κ3) is 1.76. The van der Waals surface area contributed by atoms with Crippen LogP contribution in [0.2, 0.25) is 0 Å². The number of imidazole rings is 1. The van der Waals surface area contributed by atoms with Gasteiger partial charge >= 0.3 is 0 Å². The fourth-order valence-corrected chi connectivity index (χ4v) is 1.64. The van der Waals surface area contributed by atoms with E-state index in [9.17, 15) is 4.79 Å². The number of H-pyrrole nitrogens is 1. The van der Waals surface area contributed by atoms with E-state index >= 15 is 0 Å². The minimum absolute atomic E-state index is 0.197. The topological polar surface area (TPSA) is 49.0 Å². The molecule has 4 nitrogen and oxygen atoms in total. The third-order valence-corrected chi connectivity index (χ3v) is 2.47. The Kier molecular flexibility index (Phi) is 2.51. The Morgan fingerprint density at radius 3 is 2.93 bits per heavy atom. The molecule has 0 aliphatic carbocycles. The van der Waals surface area contributed by atoms with Crippen molar-refractivity contribution in [2.24, 2.45) is 0 Å². The van der Waals surface area contributed by atoms with E-state index in [1.807, 2.05) is 37.2 Å². The second kappa shape index (κ2) is 3.82. The minimum Gasteiger partial charge on any atom is -0.345 e. The van der Waals surface area contributed by atoms with Crippen LogP contribution < -0.4 is 0 Å². The van der Waals surface area contributed by atoms with Crippen molar-refractivity contribution in [2.75, 3.05) is 14.1 Å². The summed E-state index contributed by atoms with van der Waals surface area (Å²) in [6.07, 6.45) is 2.59. The van der Waals surface area contributed by atoms with Gasteiger partial charge < -0.3 is 9.78 Å². The molecule has 0 bridgehead atoms. The lowest BCUT2D eigenvalue weighted by Gasteiger charge is -2.18. The molecule has 1 unspecified atom stereocenters. The average molecular weight is 203 g/mol. The number of carbonyl (C=O) groups is 1. The zero-order chi connectivity index (χ0) is 10.8. The fraction of sp³-hybridized carbons (Fsp3) is 0.273. The number of benzene rings is 1. The van der Waals surface area contributed by atoms with Gasteiger partial charge in [0.25, 0.3) is 0 Å². The van der Waals surface area contributed by atoms with Gasteiger partial charge in [-0.2, -0.15) is 0 Å². The second-order valence-corrected chi connectivity index (χ2v) is 3.72. The van der Waals surface area contributed by atoms with Crippen LogP contribution in [0.4, 0.5) is 0 Å². The molecule has 0 aliphatic rings. The van der Waals surface area contributed by atoms with Crippen LogP contribution in [0.5, 0.6) is 0 Å². The highest BCUT2D eigenvalue weighted by molar-refractivity contribution is 5.76. The van der Waals surface area contributed by atoms with Crippen LogP contribution in [0.25, 0.3) is 11.0 Å². The number of aromatic nitrogens is 2. The molecule has 0 saturated heterocycles. The summed E-state index contributed by atoms with van der Waals surface area (Å²) in [7, 11) is 3.77. The lowest BCUT2D eigenvalue weighted by molar-refractivity contribution is -0.111. The highest BCUT2D eigenvalue weighted by atomic mass is 16.1. The fourth-order valence-electron chi connectivity index (χ4n) is 1.64. The summed E-state index contributed by atoms with van der Waals surface area (Å²) in [6, 6.07) is 5.61. The first-order valence-corrected chi connectivity index (χ1v) is 4.77. The first-order chi connectivity index (χ1) is 7.22. The summed E-state index contributed by atoms with van der Waals surface area (Å²) in [6.45, 7) is 0. The molecular formula is C11H13N3O. The maximum atomic E-state index is 11.0. The van der Waals surface area contributed by atoms with E-state index in [1.54, 1.807) is 6.33 Å². The largest absolute Gasteiger partial charge is 0.345 e. The molecule has 1 aromatic carbocycles. The SMILES string of the molecule is CN(C)C(C=O)c1ccc2nc[nH]c2c1. The van der Waals surface area contributed by atoms with E-state index in [1.165, 1.54) is 0 Å². The Morgan fingerprint density at radius 1 is 1.47 bits per heavy atom. The number of nitrogens with one attached hydrogen (secondary N) is 1. The number of likely N-dealkylation sites (N-methyl/N-ethyl adjacent to an activating group) is 1. The van der Waals surface area contributed by atoms with Gasteiger partial charge in [-0.15, -0.1) is 0 Å². The van der Waals surface area contributed by atoms with Crippen molar-refractivity contribution in [1.82, 2.24) is 14.9 Å². The molecule has 1 aromatic heterocycles. The van der Waals surface area contributed by atoms with Crippen LogP contribution in [0.1, 0.15) is 11.6 Å². The predicted octanol–water partition coefficient (Wildman–Crippen LogP) is 1.36. The number of hydrogen-bond donors (Lipinski definition) is 1. The van der Waals surface area contributed by atoms with Crippen LogP contribution >= 0.6 is 0 Å². The first kappa shape index (κ1) is 9.86. The Balaban J connectivity index is 2.46. The number of hydrogen-bond acceptors (Lipinski definition) is 3. The van der Waals surface area contributed by atoms with Gasteiger partial charge in [0.1, 0.15) is 6.29 Å². The van der Waals surface area contributed by atoms with Crippen LogP contribution in [0, 0.1) is 0 Å². The molecule has 0 radical (unpaired) electrons. The molecule has 0 saturated carbocycles. The lowest BCUT2D eigenvalue weighted by Crippen LogP contribution is -2.20. The minimum atomic E-state index is -0.197. The Bertz CT molecular complexity index is 475. The molecule has 2 rings (SSSR count). The molecule has 78 valence electrons. The number of nitrogens with zero attached hydrogens (tertiary/aromatic N) is 2. The van der Waals surface area contributed by atoms with E-state index in [-0.39, 0.29) is 6.04 Å². The monoisotopic (exact) mass is 203 g/mol. The van der Waals surface area contributed by atoms with Gasteiger partial charge in [-0.1, -0.05) is 6.07 Å². The summed E-state index contributed by atoms with van der Waals surface area (Å²) in [5, 5.41) is 0. The molecule has 1 atom stereocenters. The molecule has 0 aliphatic heterocycles. The quantitative estimate of drug-likeness (QED) is 0.766. The Morgan fingerprint density at radius 2 is 2.27 bits per heavy atom. The van der Waals surface area contributed by atoms with Crippen LogP contribution in [-0.4, -0.2) is 35.2 Å². The van der Waals surface area contributed by atoms with Crippen molar-refractivity contribution in [3.63, 3.8) is 0 Å². The van der Waals surface area contributed by atoms with Crippen molar-refractivity contribution < 1.29 is 4.79 Å².